The summed E-state index contributed by atoms with van der Waals surface area (Å²) in [5, 5.41) is 19.7. The number of imide groups is 1. The van der Waals surface area contributed by atoms with E-state index in [2.05, 4.69) is 9.80 Å². The molecule has 3 fully saturated rings. The zero-order valence-corrected chi connectivity index (χ0v) is 20.0. The number of halogens is 1. The van der Waals surface area contributed by atoms with Crippen molar-refractivity contribution in [2.45, 2.75) is 57.8 Å². The van der Waals surface area contributed by atoms with Crippen LogP contribution in [0, 0.1) is 17.7 Å². The predicted molar refractivity (Wildman–Crippen MR) is 125 cm³/mol. The second-order valence-corrected chi connectivity index (χ2v) is 9.96. The van der Waals surface area contributed by atoms with Crippen LogP contribution in [-0.4, -0.2) is 89.4 Å². The van der Waals surface area contributed by atoms with E-state index < -0.39 is 24.0 Å². The summed E-state index contributed by atoms with van der Waals surface area (Å²) in [6.45, 7) is 8.40. The molecule has 188 valence electrons. The first kappa shape index (κ1) is 24.9. The number of carbonyl (C=O) groups is 2. The number of fused-ring (bicyclic) bond motifs is 1. The summed E-state index contributed by atoms with van der Waals surface area (Å²) in [6.07, 6.45) is 0.0458. The van der Waals surface area contributed by atoms with E-state index in [0.29, 0.717) is 12.3 Å². The van der Waals surface area contributed by atoms with Crippen molar-refractivity contribution in [3.63, 3.8) is 0 Å². The van der Waals surface area contributed by atoms with Gasteiger partial charge in [0.25, 0.3) is 0 Å². The molecular formula is C25H36FN3O5. The van der Waals surface area contributed by atoms with Gasteiger partial charge in [-0.1, -0.05) is 0 Å². The van der Waals surface area contributed by atoms with E-state index in [4.69, 9.17) is 4.74 Å². The lowest BCUT2D eigenvalue weighted by molar-refractivity contribution is -0.140. The van der Waals surface area contributed by atoms with E-state index in [1.54, 1.807) is 6.07 Å². The molecule has 1 aromatic carbocycles. The van der Waals surface area contributed by atoms with Crippen LogP contribution >= 0.6 is 0 Å². The second kappa shape index (κ2) is 10.6. The topological polar surface area (TPSA) is 93.6 Å². The summed E-state index contributed by atoms with van der Waals surface area (Å²) in [7, 11) is 0. The van der Waals surface area contributed by atoms with Gasteiger partial charge in [0.15, 0.2) is 0 Å². The number of aliphatic hydroxyl groups is 2. The maximum atomic E-state index is 13.9. The third-order valence-corrected chi connectivity index (χ3v) is 7.19. The molecule has 0 aromatic heterocycles. The van der Waals surface area contributed by atoms with Gasteiger partial charge < -0.3 is 19.8 Å². The summed E-state index contributed by atoms with van der Waals surface area (Å²) in [5.41, 5.74) is 0.788. The molecule has 1 aromatic rings. The highest BCUT2D eigenvalue weighted by Gasteiger charge is 2.51. The number of hydrogen-bond acceptors (Lipinski definition) is 7. The molecule has 0 bridgehead atoms. The number of ether oxygens (including phenoxy) is 1. The highest BCUT2D eigenvalue weighted by Crippen LogP contribution is 2.38. The van der Waals surface area contributed by atoms with E-state index >= 15 is 0 Å². The van der Waals surface area contributed by atoms with Crippen molar-refractivity contribution >= 4 is 17.5 Å². The molecule has 2 saturated heterocycles. The lowest BCUT2D eigenvalue weighted by atomic mass is 9.78. The molecule has 8 nitrogen and oxygen atoms in total. The number of unbranched alkanes of at least 4 members (excludes halogenated alkanes) is 1. The van der Waals surface area contributed by atoms with Crippen LogP contribution in [0.1, 0.15) is 39.5 Å². The molecule has 2 heterocycles. The molecule has 34 heavy (non-hydrogen) atoms. The Morgan fingerprint density at radius 1 is 0.971 bits per heavy atom. The number of carbonyl (C=O) groups excluding carboxylic acids is 2. The number of rotatable bonds is 8. The van der Waals surface area contributed by atoms with Crippen molar-refractivity contribution < 1.29 is 28.9 Å². The minimum Gasteiger partial charge on any atom is -0.489 e. The zero-order valence-electron chi connectivity index (χ0n) is 20.0. The fourth-order valence-corrected chi connectivity index (χ4v) is 5.35. The van der Waals surface area contributed by atoms with Crippen molar-refractivity contribution in [3.8, 4) is 5.75 Å². The average molecular weight is 478 g/mol. The van der Waals surface area contributed by atoms with Crippen LogP contribution in [0.15, 0.2) is 18.2 Å². The Kier molecular flexibility index (Phi) is 7.74. The minimum atomic E-state index is -0.933. The van der Waals surface area contributed by atoms with Crippen molar-refractivity contribution in [1.29, 1.82) is 0 Å². The van der Waals surface area contributed by atoms with Gasteiger partial charge in [0.05, 0.1) is 35.8 Å². The predicted octanol–water partition coefficient (Wildman–Crippen LogP) is 1.63. The first-order valence-corrected chi connectivity index (χ1v) is 12.4. The van der Waals surface area contributed by atoms with E-state index in [0.717, 1.165) is 51.3 Å². The Hall–Kier alpha value is -2.23. The molecule has 2 amide bonds. The smallest absolute Gasteiger partial charge is 0.233 e. The van der Waals surface area contributed by atoms with Crippen molar-refractivity contribution in [2.75, 3.05) is 44.2 Å². The highest BCUT2D eigenvalue weighted by molar-refractivity contribution is 6.05. The fourth-order valence-electron chi connectivity index (χ4n) is 5.35. The van der Waals surface area contributed by atoms with Crippen LogP contribution < -0.4 is 9.64 Å². The lowest BCUT2D eigenvalue weighted by Crippen LogP contribution is -2.47. The maximum Gasteiger partial charge on any atom is 0.233 e. The largest absolute Gasteiger partial charge is 0.489 e. The molecule has 1 aliphatic carbocycles. The summed E-state index contributed by atoms with van der Waals surface area (Å²) >= 11 is 0. The Bertz CT molecular complexity index is 861. The van der Waals surface area contributed by atoms with Crippen LogP contribution in [0.2, 0.25) is 0 Å². The van der Waals surface area contributed by atoms with Gasteiger partial charge in [-0.2, -0.15) is 0 Å². The monoisotopic (exact) mass is 477 g/mol. The van der Waals surface area contributed by atoms with Crippen molar-refractivity contribution in [2.24, 2.45) is 11.8 Å². The molecule has 2 aliphatic heterocycles. The van der Waals surface area contributed by atoms with Crippen molar-refractivity contribution in [3.05, 3.63) is 24.0 Å². The molecule has 3 aliphatic rings. The Morgan fingerprint density at radius 2 is 1.56 bits per heavy atom. The number of anilines is 1. The number of nitrogens with zero attached hydrogens (tertiary/aromatic N) is 3. The highest BCUT2D eigenvalue weighted by atomic mass is 19.1. The molecule has 0 radical (unpaired) electrons. The molecule has 1 saturated carbocycles. The van der Waals surface area contributed by atoms with Crippen LogP contribution in [-0.2, 0) is 9.59 Å². The lowest BCUT2D eigenvalue weighted by Gasteiger charge is -2.37. The van der Waals surface area contributed by atoms with E-state index in [1.165, 1.54) is 17.0 Å². The number of amides is 2. The maximum absolute atomic E-state index is 13.9. The first-order valence-electron chi connectivity index (χ1n) is 12.4. The molecule has 9 heteroatoms. The van der Waals surface area contributed by atoms with Crippen LogP contribution in [0.25, 0.3) is 0 Å². The quantitative estimate of drug-likeness (QED) is 0.434. The molecule has 0 spiro atoms. The van der Waals surface area contributed by atoms with Crippen molar-refractivity contribution in [1.82, 2.24) is 9.80 Å². The number of aliphatic hydroxyl groups excluding tert-OH is 2. The number of hydrogen-bond donors (Lipinski definition) is 2. The number of likely N-dealkylation sites (tertiary alicyclic amines) is 1. The fraction of sp³-hybridized carbons (Fsp3) is 0.680. The van der Waals surface area contributed by atoms with E-state index in [9.17, 15) is 24.2 Å². The number of piperazine rings is 1. The van der Waals surface area contributed by atoms with Gasteiger partial charge in [0.1, 0.15) is 11.6 Å². The third-order valence-electron chi connectivity index (χ3n) is 7.19. The van der Waals surface area contributed by atoms with E-state index in [-0.39, 0.29) is 36.6 Å². The first-order chi connectivity index (χ1) is 16.2. The Morgan fingerprint density at radius 3 is 2.15 bits per heavy atom. The standard InChI is InChI=1S/C25H36FN3O5/c1-16(2)34-23-6-5-17(26)13-20(23)28-11-9-27(10-12-28)7-3-4-8-29-24(32)18-14-21(30)22(31)15-19(18)25(29)33/h5-6,13,16,18-19,21-22,30-31H,3-4,7-12,14-15H2,1-2H3. The van der Waals surface area contributed by atoms with Crippen LogP contribution in [0.3, 0.4) is 0 Å². The third kappa shape index (κ3) is 5.37. The normalized spacial score (nSPS) is 28.1. The average Bonchev–Trinajstić information content (AvgIpc) is 3.02. The van der Waals surface area contributed by atoms with Crippen LogP contribution in [0.4, 0.5) is 10.1 Å². The van der Waals surface area contributed by atoms with Gasteiger partial charge in [-0.05, 0) is 58.2 Å². The molecule has 4 rings (SSSR count). The van der Waals surface area contributed by atoms with E-state index in [1.807, 2.05) is 13.8 Å². The number of benzene rings is 1. The Labute approximate surface area is 200 Å². The molecule has 4 unspecified atom stereocenters. The summed E-state index contributed by atoms with van der Waals surface area (Å²) in [4.78, 5) is 31.1. The van der Waals surface area contributed by atoms with Gasteiger partial charge in [0, 0.05) is 38.8 Å². The van der Waals surface area contributed by atoms with Crippen LogP contribution in [0.5, 0.6) is 5.75 Å². The summed E-state index contributed by atoms with van der Waals surface area (Å²) < 4.78 is 19.7. The molecular weight excluding hydrogens is 441 g/mol. The van der Waals surface area contributed by atoms with Gasteiger partial charge >= 0.3 is 0 Å². The zero-order chi connectivity index (χ0) is 24.4. The van der Waals surface area contributed by atoms with Gasteiger partial charge in [-0.15, -0.1) is 0 Å². The SMILES string of the molecule is CC(C)Oc1ccc(F)cc1N1CCN(CCCCN2C(=O)C3CC(O)C(O)CC3C2=O)CC1. The minimum absolute atomic E-state index is 0.0129. The Balaban J connectivity index is 1.22. The second-order valence-electron chi connectivity index (χ2n) is 9.96. The van der Waals surface area contributed by atoms with Gasteiger partial charge in [-0.3, -0.25) is 19.4 Å². The molecule has 2 N–H and O–H groups in total. The summed E-state index contributed by atoms with van der Waals surface area (Å²) in [6, 6.07) is 4.65. The van der Waals surface area contributed by atoms with Gasteiger partial charge in [0.2, 0.25) is 11.8 Å². The molecule has 4 atom stereocenters. The summed E-state index contributed by atoms with van der Waals surface area (Å²) in [5.74, 6) is -0.973. The van der Waals surface area contributed by atoms with Gasteiger partial charge in [-0.25, -0.2) is 4.39 Å².